The molecule has 5 nitrogen and oxygen atoms in total. The van der Waals surface area contributed by atoms with Crippen LogP contribution in [-0.2, 0) is 11.8 Å². The van der Waals surface area contributed by atoms with Crippen molar-refractivity contribution in [3.8, 4) is 28.3 Å². The Bertz CT molecular complexity index is 1130. The number of esters is 1. The van der Waals surface area contributed by atoms with Gasteiger partial charge in [0.05, 0.1) is 24.8 Å². The Hall–Kier alpha value is -3.54. The van der Waals surface area contributed by atoms with Crippen LogP contribution in [0.15, 0.2) is 48.5 Å². The van der Waals surface area contributed by atoms with Crippen molar-refractivity contribution < 1.29 is 9.53 Å². The van der Waals surface area contributed by atoms with Crippen LogP contribution in [0.2, 0.25) is 5.15 Å². The molecule has 0 aliphatic heterocycles. The lowest BCUT2D eigenvalue weighted by molar-refractivity contribution is 0.0516. The van der Waals surface area contributed by atoms with Gasteiger partial charge >= 0.3 is 5.97 Å². The van der Waals surface area contributed by atoms with E-state index in [0.29, 0.717) is 16.7 Å². The second kappa shape index (κ2) is 8.00. The standard InChI is InChI=1S/C22H16ClN3O2/c1-4-28-22(27)20-18(19(25-2)21(23)26(20)3)15-11-9-14(10-12-15)17-8-6-5-7-16(17)13-24/h5-12H,4H2,1,3H3. The predicted octanol–water partition coefficient (Wildman–Crippen LogP) is 5.61. The molecule has 3 aromatic rings. The molecular formula is C22H16ClN3O2. The molecular weight excluding hydrogens is 374 g/mol. The topological polar surface area (TPSA) is 59.4 Å². The summed E-state index contributed by atoms with van der Waals surface area (Å²) in [6.07, 6.45) is 0. The van der Waals surface area contributed by atoms with Gasteiger partial charge in [0.25, 0.3) is 0 Å². The smallest absolute Gasteiger partial charge is 0.354 e. The number of carbonyl (C=O) groups is 1. The number of aromatic nitrogens is 1. The Balaban J connectivity index is 2.15. The maximum atomic E-state index is 12.5. The molecule has 6 heteroatoms. The molecule has 0 radical (unpaired) electrons. The molecule has 138 valence electrons. The Labute approximate surface area is 168 Å². The number of hydrogen-bond donors (Lipinski definition) is 0. The van der Waals surface area contributed by atoms with Gasteiger partial charge in [0.15, 0.2) is 0 Å². The van der Waals surface area contributed by atoms with Crippen LogP contribution in [0.5, 0.6) is 0 Å². The number of carbonyl (C=O) groups excluding carboxylic acids is 1. The minimum atomic E-state index is -0.532. The lowest BCUT2D eigenvalue weighted by atomic mass is 9.97. The normalized spacial score (nSPS) is 10.2. The molecule has 1 heterocycles. The average Bonchev–Trinajstić information content (AvgIpc) is 2.98. The first-order valence-corrected chi connectivity index (χ1v) is 8.93. The highest BCUT2D eigenvalue weighted by Gasteiger charge is 2.26. The number of nitrogens with zero attached hydrogens (tertiary/aromatic N) is 3. The summed E-state index contributed by atoms with van der Waals surface area (Å²) in [5, 5.41) is 9.50. The molecule has 0 unspecified atom stereocenters. The van der Waals surface area contributed by atoms with Gasteiger partial charge in [0.1, 0.15) is 10.8 Å². The molecule has 28 heavy (non-hydrogen) atoms. The fraction of sp³-hybridized carbons (Fsp3) is 0.136. The van der Waals surface area contributed by atoms with Gasteiger partial charge in [-0.25, -0.2) is 9.64 Å². The molecule has 0 atom stereocenters. The lowest BCUT2D eigenvalue weighted by Gasteiger charge is -2.09. The zero-order valence-electron chi connectivity index (χ0n) is 15.4. The van der Waals surface area contributed by atoms with Gasteiger partial charge in [-0.1, -0.05) is 54.1 Å². The largest absolute Gasteiger partial charge is 0.461 e. The molecule has 0 aliphatic rings. The molecule has 0 amide bonds. The first-order valence-electron chi connectivity index (χ1n) is 8.56. The van der Waals surface area contributed by atoms with E-state index in [0.717, 1.165) is 11.1 Å². The van der Waals surface area contributed by atoms with Gasteiger partial charge in [0, 0.05) is 12.6 Å². The van der Waals surface area contributed by atoms with E-state index in [2.05, 4.69) is 10.9 Å². The van der Waals surface area contributed by atoms with E-state index in [-0.39, 0.29) is 23.1 Å². The van der Waals surface area contributed by atoms with Crippen LogP contribution in [0.3, 0.4) is 0 Å². The van der Waals surface area contributed by atoms with Crippen molar-refractivity contribution in [1.29, 1.82) is 5.26 Å². The summed E-state index contributed by atoms with van der Waals surface area (Å²) in [6, 6.07) is 16.8. The zero-order valence-corrected chi connectivity index (χ0v) is 16.1. The van der Waals surface area contributed by atoms with Crippen molar-refractivity contribution >= 4 is 23.3 Å². The average molecular weight is 390 g/mol. The summed E-state index contributed by atoms with van der Waals surface area (Å²) in [5.74, 6) is -0.532. The summed E-state index contributed by atoms with van der Waals surface area (Å²) in [6.45, 7) is 9.44. The van der Waals surface area contributed by atoms with Crippen LogP contribution < -0.4 is 0 Å². The summed E-state index contributed by atoms with van der Waals surface area (Å²) in [4.78, 5) is 16.0. The third-order valence-corrected chi connectivity index (χ3v) is 4.84. The number of nitriles is 1. The molecule has 0 saturated heterocycles. The Morgan fingerprint density at radius 2 is 1.86 bits per heavy atom. The minimum absolute atomic E-state index is 0.187. The van der Waals surface area contributed by atoms with E-state index in [1.807, 2.05) is 42.5 Å². The lowest BCUT2D eigenvalue weighted by Crippen LogP contribution is -2.11. The summed E-state index contributed by atoms with van der Waals surface area (Å²) in [7, 11) is 1.63. The third-order valence-electron chi connectivity index (χ3n) is 4.41. The van der Waals surface area contributed by atoms with Crippen LogP contribution in [0.4, 0.5) is 5.69 Å². The maximum absolute atomic E-state index is 12.5. The van der Waals surface area contributed by atoms with E-state index >= 15 is 0 Å². The highest BCUT2D eigenvalue weighted by molar-refractivity contribution is 6.34. The molecule has 1 aromatic heterocycles. The Morgan fingerprint density at radius 1 is 1.21 bits per heavy atom. The second-order valence-corrected chi connectivity index (χ2v) is 6.35. The molecule has 0 fully saturated rings. The van der Waals surface area contributed by atoms with E-state index in [4.69, 9.17) is 22.9 Å². The number of rotatable bonds is 4. The van der Waals surface area contributed by atoms with Gasteiger partial charge in [0.2, 0.25) is 5.69 Å². The molecule has 0 spiro atoms. The van der Waals surface area contributed by atoms with Crippen molar-refractivity contribution in [3.05, 3.63) is 76.4 Å². The van der Waals surface area contributed by atoms with E-state index in [1.54, 1.807) is 20.0 Å². The van der Waals surface area contributed by atoms with Crippen molar-refractivity contribution in [3.63, 3.8) is 0 Å². The van der Waals surface area contributed by atoms with Crippen molar-refractivity contribution in [1.82, 2.24) is 4.57 Å². The summed E-state index contributed by atoms with van der Waals surface area (Å²) in [5.41, 5.74) is 3.83. The van der Waals surface area contributed by atoms with Crippen LogP contribution in [0, 0.1) is 17.9 Å². The van der Waals surface area contributed by atoms with Crippen LogP contribution in [-0.4, -0.2) is 17.1 Å². The Kier molecular flexibility index (Phi) is 5.49. The zero-order chi connectivity index (χ0) is 20.3. The van der Waals surface area contributed by atoms with Gasteiger partial charge in [-0.2, -0.15) is 5.26 Å². The van der Waals surface area contributed by atoms with Crippen LogP contribution in [0.25, 0.3) is 27.1 Å². The molecule has 0 aliphatic carbocycles. The van der Waals surface area contributed by atoms with Gasteiger partial charge in [-0.3, -0.25) is 0 Å². The van der Waals surface area contributed by atoms with E-state index in [1.165, 1.54) is 4.57 Å². The van der Waals surface area contributed by atoms with Crippen LogP contribution >= 0.6 is 11.6 Å². The molecule has 2 aromatic carbocycles. The first kappa shape index (κ1) is 19.2. The third kappa shape index (κ3) is 3.24. The molecule has 0 saturated carbocycles. The van der Waals surface area contributed by atoms with Crippen molar-refractivity contribution in [2.75, 3.05) is 6.61 Å². The van der Waals surface area contributed by atoms with Crippen molar-refractivity contribution in [2.45, 2.75) is 6.92 Å². The van der Waals surface area contributed by atoms with Crippen LogP contribution in [0.1, 0.15) is 23.0 Å². The molecule has 0 N–H and O–H groups in total. The van der Waals surface area contributed by atoms with Crippen molar-refractivity contribution in [2.24, 2.45) is 7.05 Å². The number of ether oxygens (including phenoxy) is 1. The first-order chi connectivity index (χ1) is 13.5. The monoisotopic (exact) mass is 389 g/mol. The molecule has 0 bridgehead atoms. The molecule has 3 rings (SSSR count). The fourth-order valence-electron chi connectivity index (χ4n) is 3.10. The van der Waals surface area contributed by atoms with E-state index < -0.39 is 5.97 Å². The predicted molar refractivity (Wildman–Crippen MR) is 108 cm³/mol. The van der Waals surface area contributed by atoms with Gasteiger partial charge < -0.3 is 9.30 Å². The minimum Gasteiger partial charge on any atom is -0.461 e. The highest BCUT2D eigenvalue weighted by atomic mass is 35.5. The number of halogens is 1. The maximum Gasteiger partial charge on any atom is 0.354 e. The number of hydrogen-bond acceptors (Lipinski definition) is 3. The second-order valence-electron chi connectivity index (χ2n) is 5.99. The quantitative estimate of drug-likeness (QED) is 0.430. The summed E-state index contributed by atoms with van der Waals surface area (Å²) < 4.78 is 6.62. The van der Waals surface area contributed by atoms with E-state index in [9.17, 15) is 10.1 Å². The highest BCUT2D eigenvalue weighted by Crippen LogP contribution is 2.42. The SMILES string of the molecule is [C-]#[N+]c1c(-c2ccc(-c3ccccc3C#N)cc2)c(C(=O)OCC)n(C)c1Cl. The van der Waals surface area contributed by atoms with Gasteiger partial charge in [-0.05, 0) is 29.7 Å². The number of benzene rings is 2. The fourth-order valence-corrected chi connectivity index (χ4v) is 3.32. The summed E-state index contributed by atoms with van der Waals surface area (Å²) >= 11 is 6.29. The Morgan fingerprint density at radius 3 is 2.46 bits per heavy atom. The van der Waals surface area contributed by atoms with Gasteiger partial charge in [-0.15, -0.1) is 0 Å².